The minimum Gasteiger partial charge on any atom is -0.356 e. The number of aliphatic imine (C=N–C) groups is 1. The summed E-state index contributed by atoms with van der Waals surface area (Å²) in [6.07, 6.45) is 1.12. The van der Waals surface area contributed by atoms with E-state index in [0.29, 0.717) is 0 Å². The van der Waals surface area contributed by atoms with Gasteiger partial charge in [0, 0.05) is 38.4 Å². The molecular formula is C16H33IN6. The van der Waals surface area contributed by atoms with Gasteiger partial charge in [0.05, 0.1) is 5.69 Å². The molecule has 1 heterocycles. The van der Waals surface area contributed by atoms with Gasteiger partial charge < -0.3 is 15.5 Å². The molecule has 0 aliphatic carbocycles. The lowest BCUT2D eigenvalue weighted by Gasteiger charge is -2.18. The van der Waals surface area contributed by atoms with Crippen LogP contribution >= 0.6 is 24.0 Å². The number of aryl methyl sites for hydroxylation is 2. The van der Waals surface area contributed by atoms with E-state index < -0.39 is 0 Å². The zero-order valence-corrected chi connectivity index (χ0v) is 17.8. The van der Waals surface area contributed by atoms with Gasteiger partial charge in [-0.05, 0) is 39.9 Å². The Hall–Kier alpha value is -0.830. The van der Waals surface area contributed by atoms with Crippen molar-refractivity contribution < 1.29 is 0 Å². The van der Waals surface area contributed by atoms with E-state index in [-0.39, 0.29) is 24.0 Å². The highest BCUT2D eigenvalue weighted by Crippen LogP contribution is 2.10. The highest BCUT2D eigenvalue weighted by atomic mass is 127. The first-order valence-electron chi connectivity index (χ1n) is 8.19. The topological polar surface area (TPSA) is 57.5 Å². The van der Waals surface area contributed by atoms with Crippen molar-refractivity contribution in [2.75, 3.05) is 33.2 Å². The molecule has 0 spiro atoms. The fraction of sp³-hybridized carbons (Fsp3) is 0.750. The van der Waals surface area contributed by atoms with Crippen LogP contribution in [0.3, 0.4) is 0 Å². The minimum absolute atomic E-state index is 0. The zero-order valence-electron chi connectivity index (χ0n) is 15.4. The lowest BCUT2D eigenvalue weighted by Crippen LogP contribution is -2.38. The van der Waals surface area contributed by atoms with Gasteiger partial charge in [-0.15, -0.1) is 24.0 Å². The maximum absolute atomic E-state index is 4.44. The zero-order chi connectivity index (χ0) is 16.5. The molecule has 0 amide bonds. The molecular weight excluding hydrogens is 403 g/mol. The molecule has 0 bridgehead atoms. The molecule has 0 radical (unpaired) electrons. The molecule has 0 unspecified atom stereocenters. The third-order valence-corrected chi connectivity index (χ3v) is 4.15. The second-order valence-electron chi connectivity index (χ2n) is 5.51. The van der Waals surface area contributed by atoms with Gasteiger partial charge in [-0.25, -0.2) is 0 Å². The number of guanidine groups is 1. The van der Waals surface area contributed by atoms with Crippen LogP contribution in [0.2, 0.25) is 0 Å². The summed E-state index contributed by atoms with van der Waals surface area (Å²) in [4.78, 5) is 6.71. The van der Waals surface area contributed by atoms with E-state index in [1.54, 1.807) is 0 Å². The smallest absolute Gasteiger partial charge is 0.191 e. The van der Waals surface area contributed by atoms with Crippen LogP contribution in [0.1, 0.15) is 37.2 Å². The normalized spacial score (nSPS) is 11.5. The molecule has 2 N–H and O–H groups in total. The number of rotatable bonds is 8. The van der Waals surface area contributed by atoms with E-state index in [1.807, 2.05) is 25.7 Å². The van der Waals surface area contributed by atoms with E-state index in [4.69, 9.17) is 0 Å². The third-order valence-electron chi connectivity index (χ3n) is 4.15. The molecule has 23 heavy (non-hydrogen) atoms. The van der Waals surface area contributed by atoms with E-state index in [1.165, 1.54) is 11.3 Å². The second kappa shape index (κ2) is 11.7. The van der Waals surface area contributed by atoms with Crippen LogP contribution in [0, 0.1) is 13.8 Å². The summed E-state index contributed by atoms with van der Waals surface area (Å²) in [5.41, 5.74) is 3.51. The monoisotopic (exact) mass is 436 g/mol. The third kappa shape index (κ3) is 7.07. The van der Waals surface area contributed by atoms with Crippen molar-refractivity contribution in [3.63, 3.8) is 0 Å². The van der Waals surface area contributed by atoms with Gasteiger partial charge >= 0.3 is 0 Å². The summed E-state index contributed by atoms with van der Waals surface area (Å²) in [7, 11) is 3.79. The highest BCUT2D eigenvalue weighted by molar-refractivity contribution is 14.0. The molecule has 1 aromatic heterocycles. The Morgan fingerprint density at radius 2 is 1.87 bits per heavy atom. The molecule has 0 saturated heterocycles. The van der Waals surface area contributed by atoms with Crippen LogP contribution in [0.15, 0.2) is 4.99 Å². The Balaban J connectivity index is 0.00000484. The summed E-state index contributed by atoms with van der Waals surface area (Å²) in [5, 5.41) is 11.2. The van der Waals surface area contributed by atoms with Crippen LogP contribution in [0.25, 0.3) is 0 Å². The van der Waals surface area contributed by atoms with Crippen molar-refractivity contribution in [3.8, 4) is 0 Å². The average Bonchev–Trinajstić information content (AvgIpc) is 2.76. The lowest BCUT2D eigenvalue weighted by molar-refractivity contribution is 0.300. The average molecular weight is 436 g/mol. The number of aromatic nitrogens is 2. The van der Waals surface area contributed by atoms with Gasteiger partial charge in [-0.1, -0.05) is 13.8 Å². The van der Waals surface area contributed by atoms with Crippen molar-refractivity contribution in [2.24, 2.45) is 12.0 Å². The molecule has 6 nitrogen and oxygen atoms in total. The summed E-state index contributed by atoms with van der Waals surface area (Å²) >= 11 is 0. The fourth-order valence-corrected chi connectivity index (χ4v) is 2.52. The van der Waals surface area contributed by atoms with Gasteiger partial charge in [0.2, 0.25) is 0 Å². The fourth-order valence-electron chi connectivity index (χ4n) is 2.52. The molecule has 0 aliphatic rings. The summed E-state index contributed by atoms with van der Waals surface area (Å²) in [5.74, 6) is 0.849. The Morgan fingerprint density at radius 3 is 2.35 bits per heavy atom. The largest absolute Gasteiger partial charge is 0.356 e. The number of hydrogen-bond donors (Lipinski definition) is 2. The Bertz CT molecular complexity index is 479. The first-order valence-corrected chi connectivity index (χ1v) is 8.19. The molecule has 0 fully saturated rings. The highest BCUT2D eigenvalue weighted by Gasteiger charge is 2.09. The van der Waals surface area contributed by atoms with Crippen molar-refractivity contribution in [1.82, 2.24) is 25.3 Å². The number of halogens is 1. The van der Waals surface area contributed by atoms with E-state index in [9.17, 15) is 0 Å². The van der Waals surface area contributed by atoms with Crippen molar-refractivity contribution in [1.29, 1.82) is 0 Å². The first kappa shape index (κ1) is 22.2. The Kier molecular flexibility index (Phi) is 11.2. The molecule has 1 aromatic rings. The van der Waals surface area contributed by atoms with Crippen LogP contribution in [-0.2, 0) is 13.6 Å². The van der Waals surface area contributed by atoms with E-state index in [0.717, 1.165) is 50.8 Å². The summed E-state index contributed by atoms with van der Waals surface area (Å²) < 4.78 is 1.92. The van der Waals surface area contributed by atoms with Crippen LogP contribution in [-0.4, -0.2) is 53.9 Å². The van der Waals surface area contributed by atoms with Gasteiger partial charge in [-0.3, -0.25) is 9.67 Å². The predicted molar refractivity (Wildman–Crippen MR) is 109 cm³/mol. The maximum Gasteiger partial charge on any atom is 0.191 e. The van der Waals surface area contributed by atoms with Gasteiger partial charge in [0.25, 0.3) is 0 Å². The van der Waals surface area contributed by atoms with Gasteiger partial charge in [0.15, 0.2) is 5.96 Å². The first-order chi connectivity index (χ1) is 10.5. The van der Waals surface area contributed by atoms with Crippen LogP contribution < -0.4 is 10.6 Å². The molecule has 7 heteroatoms. The standard InChI is InChI=1S/C16H32N6.HI/c1-7-22(8-2)11-9-10-18-16(17-5)19-12-15-13(3)20-21(6)14(15)4;/h7-12H2,1-6H3,(H2,17,18,19);1H. The summed E-state index contributed by atoms with van der Waals surface area (Å²) in [6.45, 7) is 13.6. The Labute approximate surface area is 158 Å². The number of nitrogens with one attached hydrogen (secondary N) is 2. The molecule has 134 valence electrons. The molecule has 0 aromatic carbocycles. The van der Waals surface area contributed by atoms with E-state index in [2.05, 4.69) is 46.4 Å². The summed E-state index contributed by atoms with van der Waals surface area (Å²) in [6, 6.07) is 0. The Morgan fingerprint density at radius 1 is 1.22 bits per heavy atom. The van der Waals surface area contributed by atoms with Gasteiger partial charge in [-0.2, -0.15) is 5.10 Å². The predicted octanol–water partition coefficient (Wildman–Crippen LogP) is 2.05. The van der Waals surface area contributed by atoms with Crippen LogP contribution in [0.4, 0.5) is 0 Å². The SMILES string of the molecule is CCN(CC)CCCNC(=NC)NCc1c(C)nn(C)c1C.I. The lowest BCUT2D eigenvalue weighted by atomic mass is 10.2. The van der Waals surface area contributed by atoms with Crippen LogP contribution in [0.5, 0.6) is 0 Å². The quantitative estimate of drug-likeness (QED) is 0.284. The minimum atomic E-state index is 0. The van der Waals surface area contributed by atoms with Crippen molar-refractivity contribution in [3.05, 3.63) is 17.0 Å². The number of hydrogen-bond acceptors (Lipinski definition) is 3. The van der Waals surface area contributed by atoms with Crippen molar-refractivity contribution in [2.45, 2.75) is 40.7 Å². The molecule has 0 aliphatic heterocycles. The number of nitrogens with zero attached hydrogens (tertiary/aromatic N) is 4. The molecule has 1 rings (SSSR count). The maximum atomic E-state index is 4.44. The molecule has 0 atom stereocenters. The molecule has 0 saturated carbocycles. The van der Waals surface area contributed by atoms with Crippen molar-refractivity contribution >= 4 is 29.9 Å². The second-order valence-corrected chi connectivity index (χ2v) is 5.51. The van der Waals surface area contributed by atoms with E-state index >= 15 is 0 Å². The van der Waals surface area contributed by atoms with Gasteiger partial charge in [0.1, 0.15) is 0 Å².